The molecule has 0 radical (unpaired) electrons. The van der Waals surface area contributed by atoms with Crippen LogP contribution in [0, 0.1) is 6.92 Å². The molecule has 0 aliphatic carbocycles. The zero-order valence-electron chi connectivity index (χ0n) is 16.7. The van der Waals surface area contributed by atoms with Crippen molar-refractivity contribution in [2.45, 2.75) is 6.92 Å². The quantitative estimate of drug-likeness (QED) is 0.431. The van der Waals surface area contributed by atoms with E-state index in [0.717, 1.165) is 22.2 Å². The highest BCUT2D eigenvalue weighted by molar-refractivity contribution is 8.18. The van der Waals surface area contributed by atoms with Crippen LogP contribution in [0.25, 0.3) is 17.4 Å². The Morgan fingerprint density at radius 2 is 1.91 bits per heavy atom. The zero-order chi connectivity index (χ0) is 22.8. The van der Waals surface area contributed by atoms with Crippen LogP contribution < -0.4 is 5.32 Å². The van der Waals surface area contributed by atoms with E-state index in [1.165, 1.54) is 6.08 Å². The molecule has 1 aromatic heterocycles. The predicted molar refractivity (Wildman–Crippen MR) is 127 cm³/mol. The minimum absolute atomic E-state index is 0.168. The lowest BCUT2D eigenvalue weighted by molar-refractivity contribution is -0.127. The number of furan rings is 1. The number of benzene rings is 2. The second-order valence-electron chi connectivity index (χ2n) is 6.96. The van der Waals surface area contributed by atoms with E-state index in [-0.39, 0.29) is 11.4 Å². The third kappa shape index (κ3) is 4.75. The maximum atomic E-state index is 12.7. The van der Waals surface area contributed by atoms with Crippen LogP contribution in [0.5, 0.6) is 0 Å². The number of nitrogens with zero attached hydrogens (tertiary/aromatic N) is 1. The van der Waals surface area contributed by atoms with Gasteiger partial charge in [-0.05, 0) is 60.6 Å². The van der Waals surface area contributed by atoms with E-state index in [2.05, 4.69) is 5.32 Å². The van der Waals surface area contributed by atoms with Gasteiger partial charge in [-0.1, -0.05) is 41.4 Å². The summed E-state index contributed by atoms with van der Waals surface area (Å²) in [7, 11) is 0. The third-order valence-electron chi connectivity index (χ3n) is 4.69. The van der Waals surface area contributed by atoms with E-state index < -0.39 is 17.1 Å². The molecule has 1 saturated heterocycles. The molecule has 162 valence electrons. The van der Waals surface area contributed by atoms with Crippen LogP contribution in [-0.2, 0) is 9.59 Å². The maximum absolute atomic E-state index is 12.7. The second-order valence-corrected chi connectivity index (χ2v) is 8.79. The molecular weight excluding hydrogens is 471 g/mol. The molecule has 6 nitrogen and oxygen atoms in total. The lowest BCUT2D eigenvalue weighted by atomic mass is 10.2. The monoisotopic (exact) mass is 486 g/mol. The Morgan fingerprint density at radius 1 is 1.12 bits per heavy atom. The summed E-state index contributed by atoms with van der Waals surface area (Å²) in [5.74, 6) is -0.140. The van der Waals surface area contributed by atoms with Crippen molar-refractivity contribution in [2.24, 2.45) is 0 Å². The summed E-state index contributed by atoms with van der Waals surface area (Å²) in [6, 6.07) is 15.7. The van der Waals surface area contributed by atoms with Crippen LogP contribution in [0.2, 0.25) is 10.0 Å². The van der Waals surface area contributed by atoms with Crippen LogP contribution in [0.15, 0.2) is 63.9 Å². The molecule has 32 heavy (non-hydrogen) atoms. The van der Waals surface area contributed by atoms with Crippen LogP contribution >= 0.6 is 35.0 Å². The van der Waals surface area contributed by atoms with Gasteiger partial charge in [-0.2, -0.15) is 0 Å². The van der Waals surface area contributed by atoms with Gasteiger partial charge in [-0.3, -0.25) is 19.3 Å². The topological polar surface area (TPSA) is 79.6 Å². The fourth-order valence-electron chi connectivity index (χ4n) is 3.08. The number of thioether (sulfide) groups is 1. The molecule has 2 aromatic carbocycles. The van der Waals surface area contributed by atoms with Gasteiger partial charge in [-0.25, -0.2) is 0 Å². The standard InChI is InChI=1S/C23H16Cl2N2O4S/c1-13-4-2-3-5-18(13)26-21(28)12-27-22(29)20(32-23(27)30)11-15-7-9-19(31-15)16-8-6-14(24)10-17(16)25/h2-11H,12H2,1H3,(H,26,28)/b20-11+. The van der Waals surface area contributed by atoms with Gasteiger partial charge in [0.2, 0.25) is 5.91 Å². The number of carbonyl (C=O) groups is 3. The number of aryl methyl sites for hydroxylation is 1. The normalized spacial score (nSPS) is 15.0. The number of amides is 3. The maximum Gasteiger partial charge on any atom is 0.294 e. The highest BCUT2D eigenvalue weighted by atomic mass is 35.5. The number of nitrogens with one attached hydrogen (secondary N) is 1. The SMILES string of the molecule is Cc1ccccc1NC(=O)CN1C(=O)S/C(=C/c2ccc(-c3ccc(Cl)cc3Cl)o2)C1=O. The Labute approximate surface area is 198 Å². The van der Waals surface area contributed by atoms with Crippen LogP contribution in [-0.4, -0.2) is 28.5 Å². The molecule has 1 aliphatic heterocycles. The minimum atomic E-state index is -0.553. The highest BCUT2D eigenvalue weighted by Gasteiger charge is 2.36. The Bertz CT molecular complexity index is 1270. The summed E-state index contributed by atoms with van der Waals surface area (Å²) in [6.45, 7) is 1.48. The zero-order valence-corrected chi connectivity index (χ0v) is 19.1. The van der Waals surface area contributed by atoms with Crippen molar-refractivity contribution >= 4 is 63.8 Å². The van der Waals surface area contributed by atoms with Gasteiger partial charge in [0.25, 0.3) is 11.1 Å². The number of para-hydroxylation sites is 1. The molecule has 3 aromatic rings. The fraction of sp³-hybridized carbons (Fsp3) is 0.0870. The largest absolute Gasteiger partial charge is 0.457 e. The van der Waals surface area contributed by atoms with E-state index in [1.54, 1.807) is 42.5 Å². The van der Waals surface area contributed by atoms with E-state index >= 15 is 0 Å². The molecule has 0 atom stereocenters. The van der Waals surface area contributed by atoms with Crippen molar-refractivity contribution in [3.63, 3.8) is 0 Å². The van der Waals surface area contributed by atoms with Crippen molar-refractivity contribution in [2.75, 3.05) is 11.9 Å². The molecule has 1 fully saturated rings. The molecule has 0 spiro atoms. The average molecular weight is 487 g/mol. The average Bonchev–Trinajstić information content (AvgIpc) is 3.30. The summed E-state index contributed by atoms with van der Waals surface area (Å²) in [6.07, 6.45) is 1.47. The smallest absolute Gasteiger partial charge is 0.294 e. The van der Waals surface area contributed by atoms with Crippen molar-refractivity contribution in [1.29, 1.82) is 0 Å². The molecule has 0 unspecified atom stereocenters. The van der Waals surface area contributed by atoms with Crippen LogP contribution in [0.4, 0.5) is 10.5 Å². The van der Waals surface area contributed by atoms with Crippen LogP contribution in [0.1, 0.15) is 11.3 Å². The van der Waals surface area contributed by atoms with Gasteiger partial charge >= 0.3 is 0 Å². The minimum Gasteiger partial charge on any atom is -0.457 e. The van der Waals surface area contributed by atoms with E-state index in [4.69, 9.17) is 27.6 Å². The van der Waals surface area contributed by atoms with E-state index in [0.29, 0.717) is 32.8 Å². The predicted octanol–water partition coefficient (Wildman–Crippen LogP) is 6.24. The van der Waals surface area contributed by atoms with E-state index in [1.807, 2.05) is 19.1 Å². The lowest BCUT2D eigenvalue weighted by Crippen LogP contribution is -2.36. The first-order valence-electron chi connectivity index (χ1n) is 9.48. The second kappa shape index (κ2) is 9.24. The lowest BCUT2D eigenvalue weighted by Gasteiger charge is -2.13. The molecule has 0 saturated carbocycles. The molecule has 3 amide bonds. The molecule has 1 aliphatic rings. The number of anilines is 1. The third-order valence-corrected chi connectivity index (χ3v) is 6.15. The Morgan fingerprint density at radius 3 is 2.66 bits per heavy atom. The molecule has 4 rings (SSSR count). The first-order chi connectivity index (χ1) is 15.3. The van der Waals surface area contributed by atoms with Gasteiger partial charge in [-0.15, -0.1) is 0 Å². The van der Waals surface area contributed by atoms with Gasteiger partial charge < -0.3 is 9.73 Å². The summed E-state index contributed by atoms with van der Waals surface area (Å²) >= 11 is 12.9. The highest BCUT2D eigenvalue weighted by Crippen LogP contribution is 2.35. The molecular formula is C23H16Cl2N2O4S. The molecule has 0 bridgehead atoms. The number of imide groups is 1. The Balaban J connectivity index is 1.47. The summed E-state index contributed by atoms with van der Waals surface area (Å²) in [5.41, 5.74) is 2.16. The molecule has 1 N–H and O–H groups in total. The molecule has 2 heterocycles. The summed E-state index contributed by atoms with van der Waals surface area (Å²) in [5, 5.41) is 3.13. The number of hydrogen-bond donors (Lipinski definition) is 1. The Hall–Kier alpha value is -3.00. The van der Waals surface area contributed by atoms with Gasteiger partial charge in [0.15, 0.2) is 0 Å². The van der Waals surface area contributed by atoms with Crippen molar-refractivity contribution in [3.8, 4) is 11.3 Å². The summed E-state index contributed by atoms with van der Waals surface area (Å²) in [4.78, 5) is 38.5. The van der Waals surface area contributed by atoms with Gasteiger partial charge in [0.1, 0.15) is 18.1 Å². The number of halogens is 2. The van der Waals surface area contributed by atoms with E-state index in [9.17, 15) is 14.4 Å². The van der Waals surface area contributed by atoms with Gasteiger partial charge in [0.05, 0.1) is 9.93 Å². The number of hydrogen-bond acceptors (Lipinski definition) is 5. The van der Waals surface area contributed by atoms with Crippen LogP contribution in [0.3, 0.4) is 0 Å². The van der Waals surface area contributed by atoms with Crippen molar-refractivity contribution < 1.29 is 18.8 Å². The number of carbonyl (C=O) groups excluding carboxylic acids is 3. The number of rotatable bonds is 5. The molecule has 9 heteroatoms. The van der Waals surface area contributed by atoms with Gasteiger partial charge in [0, 0.05) is 22.3 Å². The first kappa shape index (κ1) is 22.2. The Kier molecular flexibility index (Phi) is 6.41. The van der Waals surface area contributed by atoms with Crippen molar-refractivity contribution in [3.05, 3.63) is 80.9 Å². The fourth-order valence-corrected chi connectivity index (χ4v) is 4.40. The first-order valence-corrected chi connectivity index (χ1v) is 11.0. The summed E-state index contributed by atoms with van der Waals surface area (Å²) < 4.78 is 5.77. The van der Waals surface area contributed by atoms with Crippen molar-refractivity contribution in [1.82, 2.24) is 4.90 Å².